The van der Waals surface area contributed by atoms with E-state index in [2.05, 4.69) is 23.3 Å². The number of carbonyl (C=O) groups excluding carboxylic acids is 1. The molecule has 29 heavy (non-hydrogen) atoms. The van der Waals surface area contributed by atoms with Gasteiger partial charge in [0.25, 0.3) is 0 Å². The second-order valence-electron chi connectivity index (χ2n) is 7.90. The maximum absolute atomic E-state index is 13.3. The van der Waals surface area contributed by atoms with Crippen LogP contribution in [0.5, 0.6) is 0 Å². The lowest BCUT2D eigenvalue weighted by Gasteiger charge is -2.26. The van der Waals surface area contributed by atoms with Gasteiger partial charge < -0.3 is 9.47 Å². The van der Waals surface area contributed by atoms with Crippen molar-refractivity contribution in [1.82, 2.24) is 9.47 Å². The van der Waals surface area contributed by atoms with Crippen LogP contribution in [-0.2, 0) is 4.79 Å². The number of benzene rings is 1. The molecule has 0 saturated heterocycles. The maximum Gasteiger partial charge on any atom is 0.225 e. The highest BCUT2D eigenvalue weighted by Gasteiger charge is 2.21. The predicted molar refractivity (Wildman–Crippen MR) is 124 cm³/mol. The van der Waals surface area contributed by atoms with Gasteiger partial charge in [0, 0.05) is 30.5 Å². The van der Waals surface area contributed by atoms with Crippen molar-refractivity contribution in [2.75, 3.05) is 13.1 Å². The van der Waals surface area contributed by atoms with E-state index in [0.29, 0.717) is 6.42 Å². The molecule has 0 saturated carbocycles. The molecule has 3 nitrogen and oxygen atoms in total. The zero-order valence-electron chi connectivity index (χ0n) is 18.2. The number of unbranched alkanes of at least 4 members (excludes halogenated alkanes) is 6. The molecule has 1 heterocycles. The van der Waals surface area contributed by atoms with Gasteiger partial charge >= 0.3 is 0 Å². The first-order valence-corrected chi connectivity index (χ1v) is 11.7. The van der Waals surface area contributed by atoms with E-state index in [1.54, 1.807) is 0 Å². The lowest BCUT2D eigenvalue weighted by atomic mass is 10.0. The third kappa shape index (κ3) is 8.26. The molecule has 1 amide bonds. The van der Waals surface area contributed by atoms with Gasteiger partial charge in [-0.1, -0.05) is 76.1 Å². The number of hydrogen-bond acceptors (Lipinski definition) is 1. The minimum atomic E-state index is 0.00329. The van der Waals surface area contributed by atoms with Crippen molar-refractivity contribution < 1.29 is 4.79 Å². The lowest BCUT2D eigenvalue weighted by Crippen LogP contribution is -2.34. The Balaban J connectivity index is 2.07. The number of aromatic nitrogens is 1. The van der Waals surface area contributed by atoms with E-state index < -0.39 is 0 Å². The summed E-state index contributed by atoms with van der Waals surface area (Å²) in [6.07, 6.45) is 14.1. The first-order chi connectivity index (χ1) is 14.2. The zero-order chi connectivity index (χ0) is 20.9. The molecular formula is C25H37ClN2O. The van der Waals surface area contributed by atoms with E-state index >= 15 is 0 Å². The quantitative estimate of drug-likeness (QED) is 0.301. The van der Waals surface area contributed by atoms with Crippen molar-refractivity contribution in [2.24, 2.45) is 0 Å². The van der Waals surface area contributed by atoms with Gasteiger partial charge in [-0.25, -0.2) is 0 Å². The third-order valence-electron chi connectivity index (χ3n) is 5.53. The van der Waals surface area contributed by atoms with E-state index in [4.69, 9.17) is 11.6 Å². The van der Waals surface area contributed by atoms with E-state index in [1.165, 1.54) is 38.5 Å². The predicted octanol–water partition coefficient (Wildman–Crippen LogP) is 7.11. The van der Waals surface area contributed by atoms with Crippen molar-refractivity contribution in [2.45, 2.75) is 77.7 Å². The van der Waals surface area contributed by atoms with E-state index in [-0.39, 0.29) is 11.9 Å². The minimum Gasteiger partial charge on any atom is -0.346 e. The Bertz CT molecular complexity index is 669. The summed E-state index contributed by atoms with van der Waals surface area (Å²) in [4.78, 5) is 15.4. The largest absolute Gasteiger partial charge is 0.346 e. The summed E-state index contributed by atoms with van der Waals surface area (Å²) in [5, 5.41) is 0.722. The topological polar surface area (TPSA) is 25.2 Å². The molecule has 0 N–H and O–H groups in total. The van der Waals surface area contributed by atoms with Crippen LogP contribution >= 0.6 is 11.6 Å². The Morgan fingerprint density at radius 3 is 1.97 bits per heavy atom. The molecule has 0 aliphatic heterocycles. The smallest absolute Gasteiger partial charge is 0.225 e. The van der Waals surface area contributed by atoms with Crippen molar-refractivity contribution in [3.8, 4) is 0 Å². The third-order valence-corrected chi connectivity index (χ3v) is 5.78. The Morgan fingerprint density at radius 2 is 1.45 bits per heavy atom. The summed E-state index contributed by atoms with van der Waals surface area (Å²) in [6, 6.07) is 11.9. The standard InChI is InChI=1S/C25H37ClN2O/c1-3-5-7-9-19-28(20-10-8-6-4-2)25(29)21-24(27-17-11-12-18-27)22-13-15-23(26)16-14-22/h11-18,24H,3-10,19-21H2,1-2H3. The molecule has 0 radical (unpaired) electrons. The molecule has 4 heteroatoms. The van der Waals surface area contributed by atoms with E-state index in [1.807, 2.05) is 48.8 Å². The Kier molecular flexibility index (Phi) is 10.9. The van der Waals surface area contributed by atoms with Crippen molar-refractivity contribution >= 4 is 17.5 Å². The first-order valence-electron chi connectivity index (χ1n) is 11.3. The zero-order valence-corrected chi connectivity index (χ0v) is 18.9. The summed E-state index contributed by atoms with van der Waals surface area (Å²) in [5.74, 6) is 0.256. The average Bonchev–Trinajstić information content (AvgIpc) is 3.26. The highest BCUT2D eigenvalue weighted by molar-refractivity contribution is 6.30. The molecule has 1 unspecified atom stereocenters. The Morgan fingerprint density at radius 1 is 0.897 bits per heavy atom. The van der Waals surface area contributed by atoms with Gasteiger partial charge in [0.15, 0.2) is 0 Å². The van der Waals surface area contributed by atoms with Gasteiger partial charge in [0.05, 0.1) is 12.5 Å². The molecule has 0 aliphatic carbocycles. The maximum atomic E-state index is 13.3. The van der Waals surface area contributed by atoms with Crippen molar-refractivity contribution in [3.63, 3.8) is 0 Å². The van der Waals surface area contributed by atoms with Gasteiger partial charge in [0.2, 0.25) is 5.91 Å². The average molecular weight is 417 g/mol. The number of hydrogen-bond donors (Lipinski definition) is 0. The van der Waals surface area contributed by atoms with Crippen LogP contribution in [0.1, 0.15) is 83.2 Å². The van der Waals surface area contributed by atoms with Gasteiger partial charge in [-0.15, -0.1) is 0 Å². The second-order valence-corrected chi connectivity index (χ2v) is 8.34. The molecule has 0 fully saturated rings. The summed E-state index contributed by atoms with van der Waals surface area (Å²) >= 11 is 6.08. The van der Waals surface area contributed by atoms with Crippen molar-refractivity contribution in [1.29, 1.82) is 0 Å². The Labute approximate surface area is 182 Å². The monoisotopic (exact) mass is 416 g/mol. The molecule has 160 valence electrons. The van der Waals surface area contributed by atoms with E-state index in [9.17, 15) is 4.79 Å². The Hall–Kier alpha value is -1.74. The minimum absolute atomic E-state index is 0.00329. The second kappa shape index (κ2) is 13.5. The SMILES string of the molecule is CCCCCCN(CCCCCC)C(=O)CC(c1ccc(Cl)cc1)n1cccc1. The van der Waals surface area contributed by atoms with Crippen LogP contribution in [0.25, 0.3) is 0 Å². The number of carbonyl (C=O) groups is 1. The van der Waals surface area contributed by atoms with Crippen LogP contribution in [-0.4, -0.2) is 28.5 Å². The van der Waals surface area contributed by atoms with Crippen LogP contribution < -0.4 is 0 Å². The molecule has 0 spiro atoms. The molecule has 2 rings (SSSR count). The van der Waals surface area contributed by atoms with Crippen LogP contribution in [0.3, 0.4) is 0 Å². The number of amides is 1. The fraction of sp³-hybridized carbons (Fsp3) is 0.560. The van der Waals surface area contributed by atoms with E-state index in [0.717, 1.165) is 36.5 Å². The van der Waals surface area contributed by atoms with Crippen LogP contribution in [0.4, 0.5) is 0 Å². The van der Waals surface area contributed by atoms with Gasteiger partial charge in [-0.05, 0) is 42.7 Å². The first kappa shape index (κ1) is 23.5. The number of halogens is 1. The lowest BCUT2D eigenvalue weighted by molar-refractivity contribution is -0.132. The van der Waals surface area contributed by atoms with Crippen molar-refractivity contribution in [3.05, 3.63) is 59.4 Å². The van der Waals surface area contributed by atoms with Gasteiger partial charge in [0.1, 0.15) is 0 Å². The molecule has 1 aromatic carbocycles. The summed E-state index contributed by atoms with van der Waals surface area (Å²) < 4.78 is 2.13. The summed E-state index contributed by atoms with van der Waals surface area (Å²) in [5.41, 5.74) is 1.12. The number of nitrogens with zero attached hydrogens (tertiary/aromatic N) is 2. The molecule has 2 aromatic rings. The molecule has 0 aliphatic rings. The van der Waals surface area contributed by atoms with Crippen LogP contribution in [0, 0.1) is 0 Å². The van der Waals surface area contributed by atoms with Crippen LogP contribution in [0.15, 0.2) is 48.8 Å². The summed E-state index contributed by atoms with van der Waals surface area (Å²) in [6.45, 7) is 6.21. The van der Waals surface area contributed by atoms with Gasteiger partial charge in [-0.2, -0.15) is 0 Å². The highest BCUT2D eigenvalue weighted by Crippen LogP contribution is 2.25. The van der Waals surface area contributed by atoms with Crippen LogP contribution in [0.2, 0.25) is 5.02 Å². The summed E-state index contributed by atoms with van der Waals surface area (Å²) in [7, 11) is 0. The molecule has 1 aromatic heterocycles. The molecule has 1 atom stereocenters. The normalized spacial score (nSPS) is 12.1. The fourth-order valence-corrected chi connectivity index (χ4v) is 3.88. The number of rotatable bonds is 14. The highest BCUT2D eigenvalue weighted by atomic mass is 35.5. The fourth-order valence-electron chi connectivity index (χ4n) is 3.75. The van der Waals surface area contributed by atoms with Gasteiger partial charge in [-0.3, -0.25) is 4.79 Å². The molecular weight excluding hydrogens is 380 g/mol. The molecule has 0 bridgehead atoms.